The van der Waals surface area contributed by atoms with Crippen molar-refractivity contribution in [2.45, 2.75) is 53.2 Å². The minimum Gasteiger partial charge on any atom is -0.461 e. The molecule has 0 aromatic carbocycles. The summed E-state index contributed by atoms with van der Waals surface area (Å²) in [5, 5.41) is 0. The fourth-order valence-corrected chi connectivity index (χ4v) is 5.01. The Balaban J connectivity index is 2.17. The zero-order valence-corrected chi connectivity index (χ0v) is 15.5. The van der Waals surface area contributed by atoms with Crippen molar-refractivity contribution in [3.05, 3.63) is 24.3 Å². The maximum absolute atomic E-state index is 12.9. The van der Waals surface area contributed by atoms with Crippen molar-refractivity contribution in [1.82, 2.24) is 0 Å². The van der Waals surface area contributed by atoms with Gasteiger partial charge in [-0.15, -0.1) is 0 Å². The SMILES string of the molecule is C=C(C)C(=O)O[C@H]1C2(C)[C@H](C)C(=O)O[C@@H]2C[C@@H](C)[C@@H]2C=CC(=O)[C@]21C. The smallest absolute Gasteiger partial charge is 0.333 e. The molecule has 136 valence electrons. The number of allylic oxidation sites excluding steroid dienone is 2. The molecule has 5 nitrogen and oxygen atoms in total. The number of ketones is 1. The number of carbonyl (C=O) groups excluding carboxylic acids is 3. The lowest BCUT2D eigenvalue weighted by Gasteiger charge is -2.45. The molecule has 2 fully saturated rings. The van der Waals surface area contributed by atoms with Gasteiger partial charge in [0.2, 0.25) is 0 Å². The van der Waals surface area contributed by atoms with Gasteiger partial charge in [-0.1, -0.05) is 33.4 Å². The van der Waals surface area contributed by atoms with Gasteiger partial charge in [0.05, 0.1) is 16.7 Å². The van der Waals surface area contributed by atoms with E-state index < -0.39 is 28.8 Å². The van der Waals surface area contributed by atoms with Crippen LogP contribution >= 0.6 is 0 Å². The predicted molar refractivity (Wildman–Crippen MR) is 91.4 cm³/mol. The topological polar surface area (TPSA) is 69.7 Å². The summed E-state index contributed by atoms with van der Waals surface area (Å²) < 4.78 is 11.5. The van der Waals surface area contributed by atoms with Gasteiger partial charge in [-0.3, -0.25) is 9.59 Å². The van der Waals surface area contributed by atoms with E-state index in [0.717, 1.165) is 0 Å². The van der Waals surface area contributed by atoms with Crippen LogP contribution in [-0.4, -0.2) is 29.9 Å². The first-order valence-corrected chi connectivity index (χ1v) is 8.84. The standard InChI is InChI=1S/C20H26O5/c1-10(2)16(22)25-18-19(5)12(4)17(23)24-15(19)9-11(3)13-7-8-14(21)20(13,18)6/h7-8,11-13,15,18H,1,9H2,2-6H3/t11-,12-,13+,15-,18+,19?,20+/m1/s1. The first kappa shape index (κ1) is 17.9. The van der Waals surface area contributed by atoms with Gasteiger partial charge in [-0.2, -0.15) is 0 Å². The highest BCUT2D eigenvalue weighted by molar-refractivity contribution is 5.99. The molecular formula is C20H26O5. The molecule has 3 aliphatic rings. The van der Waals surface area contributed by atoms with Crippen molar-refractivity contribution >= 4 is 17.7 Å². The number of esters is 2. The minimum absolute atomic E-state index is 0.0581. The average molecular weight is 346 g/mol. The Morgan fingerprint density at radius 3 is 2.56 bits per heavy atom. The van der Waals surface area contributed by atoms with Crippen molar-refractivity contribution in [2.75, 3.05) is 0 Å². The molecule has 3 rings (SSSR count). The maximum atomic E-state index is 12.9. The van der Waals surface area contributed by atoms with E-state index in [2.05, 4.69) is 13.5 Å². The Kier molecular flexibility index (Phi) is 3.97. The van der Waals surface area contributed by atoms with Crippen molar-refractivity contribution in [1.29, 1.82) is 0 Å². The lowest BCUT2D eigenvalue weighted by atomic mass is 9.60. The third-order valence-electron chi connectivity index (χ3n) is 6.80. The fourth-order valence-electron chi connectivity index (χ4n) is 5.01. The molecule has 0 bridgehead atoms. The molecule has 0 aromatic rings. The number of carbonyl (C=O) groups is 3. The first-order valence-electron chi connectivity index (χ1n) is 8.84. The molecule has 5 heteroatoms. The van der Waals surface area contributed by atoms with E-state index in [1.54, 1.807) is 19.9 Å². The molecule has 2 aliphatic carbocycles. The van der Waals surface area contributed by atoms with E-state index in [0.29, 0.717) is 6.42 Å². The van der Waals surface area contributed by atoms with Crippen LogP contribution in [0.2, 0.25) is 0 Å². The molecule has 1 aliphatic heterocycles. The zero-order valence-electron chi connectivity index (χ0n) is 15.5. The van der Waals surface area contributed by atoms with Crippen molar-refractivity contribution in [2.24, 2.45) is 28.6 Å². The molecule has 1 unspecified atom stereocenters. The number of rotatable bonds is 2. The first-order chi connectivity index (χ1) is 11.5. The van der Waals surface area contributed by atoms with Gasteiger partial charge in [0, 0.05) is 5.57 Å². The second-order valence-corrected chi connectivity index (χ2v) is 8.32. The summed E-state index contributed by atoms with van der Waals surface area (Å²) in [5.74, 6) is -1.28. The molecule has 25 heavy (non-hydrogen) atoms. The third-order valence-corrected chi connectivity index (χ3v) is 6.80. The Bertz CT molecular complexity index is 692. The maximum Gasteiger partial charge on any atom is 0.333 e. The zero-order chi connectivity index (χ0) is 18.7. The Morgan fingerprint density at radius 1 is 1.32 bits per heavy atom. The molecule has 0 radical (unpaired) electrons. The number of fused-ring (bicyclic) bond motifs is 2. The van der Waals surface area contributed by atoms with Crippen LogP contribution in [0, 0.1) is 28.6 Å². The highest BCUT2D eigenvalue weighted by atomic mass is 16.6. The van der Waals surface area contributed by atoms with Crippen LogP contribution in [0.1, 0.15) is 41.0 Å². The number of hydrogen-bond donors (Lipinski definition) is 0. The van der Waals surface area contributed by atoms with Crippen LogP contribution in [-0.2, 0) is 23.9 Å². The highest BCUT2D eigenvalue weighted by Crippen LogP contribution is 2.60. The van der Waals surface area contributed by atoms with Crippen LogP contribution < -0.4 is 0 Å². The van der Waals surface area contributed by atoms with Gasteiger partial charge in [0.15, 0.2) is 5.78 Å². The number of hydrogen-bond acceptors (Lipinski definition) is 5. The van der Waals surface area contributed by atoms with Crippen molar-refractivity contribution in [3.8, 4) is 0 Å². The van der Waals surface area contributed by atoms with Gasteiger partial charge in [-0.25, -0.2) is 4.79 Å². The molecule has 7 atom stereocenters. The second-order valence-electron chi connectivity index (χ2n) is 8.32. The third kappa shape index (κ3) is 2.24. The minimum atomic E-state index is -0.906. The molecule has 1 heterocycles. The molecule has 0 amide bonds. The van der Waals surface area contributed by atoms with E-state index in [1.807, 2.05) is 19.9 Å². The van der Waals surface area contributed by atoms with Gasteiger partial charge in [-0.05, 0) is 38.2 Å². The summed E-state index contributed by atoms with van der Waals surface area (Å²) in [6, 6.07) is 0. The fraction of sp³-hybridized carbons (Fsp3) is 0.650. The molecule has 1 saturated carbocycles. The van der Waals surface area contributed by atoms with Crippen molar-refractivity contribution < 1.29 is 23.9 Å². The normalized spacial score (nSPS) is 45.4. The predicted octanol–water partition coefficient (Wildman–Crippen LogP) is 2.84. The van der Waals surface area contributed by atoms with E-state index in [-0.39, 0.29) is 35.3 Å². The molecular weight excluding hydrogens is 320 g/mol. The lowest BCUT2D eigenvalue weighted by Crippen LogP contribution is -2.56. The average Bonchev–Trinajstić information content (AvgIpc) is 2.93. The van der Waals surface area contributed by atoms with Crippen LogP contribution in [0.15, 0.2) is 24.3 Å². The largest absolute Gasteiger partial charge is 0.461 e. The van der Waals surface area contributed by atoms with Gasteiger partial charge in [0.1, 0.15) is 12.2 Å². The molecule has 1 saturated heterocycles. The van der Waals surface area contributed by atoms with E-state index in [4.69, 9.17) is 9.47 Å². The Morgan fingerprint density at radius 2 is 1.96 bits per heavy atom. The summed E-state index contributed by atoms with van der Waals surface area (Å²) in [7, 11) is 0. The summed E-state index contributed by atoms with van der Waals surface area (Å²) in [5.41, 5.74) is -1.40. The summed E-state index contributed by atoms with van der Waals surface area (Å²) in [6.45, 7) is 12.9. The van der Waals surface area contributed by atoms with E-state index in [1.165, 1.54) is 0 Å². The van der Waals surface area contributed by atoms with E-state index >= 15 is 0 Å². The highest BCUT2D eigenvalue weighted by Gasteiger charge is 2.68. The summed E-state index contributed by atoms with van der Waals surface area (Å²) >= 11 is 0. The summed E-state index contributed by atoms with van der Waals surface area (Å²) in [4.78, 5) is 37.6. The molecule has 0 spiro atoms. The Hall–Kier alpha value is -1.91. The number of ether oxygens (including phenoxy) is 2. The lowest BCUT2D eigenvalue weighted by molar-refractivity contribution is -0.173. The van der Waals surface area contributed by atoms with Crippen molar-refractivity contribution in [3.63, 3.8) is 0 Å². The monoisotopic (exact) mass is 346 g/mol. The van der Waals surface area contributed by atoms with Gasteiger partial charge >= 0.3 is 11.9 Å². The van der Waals surface area contributed by atoms with Gasteiger partial charge in [0.25, 0.3) is 0 Å². The van der Waals surface area contributed by atoms with E-state index in [9.17, 15) is 14.4 Å². The second kappa shape index (κ2) is 5.55. The summed E-state index contributed by atoms with van der Waals surface area (Å²) in [6.07, 6.45) is 3.02. The van der Waals surface area contributed by atoms with Crippen LogP contribution in [0.5, 0.6) is 0 Å². The molecule has 0 N–H and O–H groups in total. The Labute approximate surface area is 148 Å². The van der Waals surface area contributed by atoms with Crippen LogP contribution in [0.3, 0.4) is 0 Å². The van der Waals surface area contributed by atoms with Crippen LogP contribution in [0.25, 0.3) is 0 Å². The van der Waals surface area contributed by atoms with Gasteiger partial charge < -0.3 is 9.47 Å². The van der Waals surface area contributed by atoms with Crippen LogP contribution in [0.4, 0.5) is 0 Å². The molecule has 0 aromatic heterocycles. The quantitative estimate of drug-likeness (QED) is 0.568.